The van der Waals surface area contributed by atoms with E-state index in [4.69, 9.17) is 20.8 Å². The van der Waals surface area contributed by atoms with E-state index < -0.39 is 12.2 Å². The molecule has 1 atom stereocenters. The molecule has 0 rings (SSSR count). The van der Waals surface area contributed by atoms with Crippen LogP contribution in [-0.2, 0) is 14.0 Å². The van der Waals surface area contributed by atoms with E-state index in [1.54, 1.807) is 6.08 Å². The van der Waals surface area contributed by atoms with Gasteiger partial charge in [0.25, 0.3) is 0 Å². The van der Waals surface area contributed by atoms with Gasteiger partial charge in [0.05, 0.1) is 26.4 Å². The van der Waals surface area contributed by atoms with Crippen LogP contribution in [0, 0.1) is 12.3 Å². The zero-order valence-corrected chi connectivity index (χ0v) is 12.2. The minimum Gasteiger partial charge on any atom is -0.388 e. The fourth-order valence-corrected chi connectivity index (χ4v) is 0.686. The lowest BCUT2D eigenvalue weighted by Gasteiger charge is -2.09. The first-order valence-corrected chi connectivity index (χ1v) is 8.38. The molecule has 0 aromatic heterocycles. The van der Waals surface area contributed by atoms with Gasteiger partial charge in [0.2, 0.25) is 0 Å². The van der Waals surface area contributed by atoms with Gasteiger partial charge in [-0.15, -0.1) is 18.9 Å². The predicted molar refractivity (Wildman–Crippen MR) is 72.8 cm³/mol. The second-order valence-electron chi connectivity index (χ2n) is 2.94. The quantitative estimate of drug-likeness (QED) is 0.310. The standard InChI is InChI=1S/C10H16O3.Cl2HO2P/c1-3-5-7-13-9-10(11)8-12-6-4-2;1-5(2,3)4/h1,4,10-11H,2,5-9H2;(H,3,4). The molecule has 0 heterocycles. The lowest BCUT2D eigenvalue weighted by Crippen LogP contribution is -2.22. The summed E-state index contributed by atoms with van der Waals surface area (Å²) in [6, 6.07) is 0. The van der Waals surface area contributed by atoms with Gasteiger partial charge in [0.15, 0.2) is 0 Å². The summed E-state index contributed by atoms with van der Waals surface area (Å²) >= 11 is 8.81. The third-order valence-corrected chi connectivity index (χ3v) is 1.25. The molecule has 106 valence electrons. The average molecular weight is 319 g/mol. The highest BCUT2D eigenvalue weighted by atomic mass is 35.9. The van der Waals surface area contributed by atoms with Crippen LogP contribution >= 0.6 is 28.6 Å². The molecule has 0 aliphatic carbocycles. The fraction of sp³-hybridized carbons (Fsp3) is 0.600. The smallest absolute Gasteiger partial charge is 0.377 e. The van der Waals surface area contributed by atoms with Crippen molar-refractivity contribution in [1.82, 2.24) is 0 Å². The molecule has 1 unspecified atom stereocenters. The van der Waals surface area contributed by atoms with Gasteiger partial charge in [-0.25, -0.2) is 0 Å². The molecule has 0 amide bonds. The highest BCUT2D eigenvalue weighted by Gasteiger charge is 2.03. The van der Waals surface area contributed by atoms with E-state index in [2.05, 4.69) is 35.0 Å². The van der Waals surface area contributed by atoms with E-state index in [-0.39, 0.29) is 13.2 Å². The maximum Gasteiger partial charge on any atom is 0.377 e. The van der Waals surface area contributed by atoms with Crippen LogP contribution in [0.2, 0.25) is 0 Å². The highest BCUT2D eigenvalue weighted by Crippen LogP contribution is 2.51. The Balaban J connectivity index is 0. The van der Waals surface area contributed by atoms with Crippen molar-refractivity contribution in [3.05, 3.63) is 12.7 Å². The van der Waals surface area contributed by atoms with Crippen molar-refractivity contribution in [2.24, 2.45) is 0 Å². The summed E-state index contributed by atoms with van der Waals surface area (Å²) in [5.74, 6) is 2.44. The van der Waals surface area contributed by atoms with Crippen LogP contribution in [0.4, 0.5) is 0 Å². The molecule has 0 aliphatic rings. The Labute approximate surface area is 117 Å². The first kappa shape index (κ1) is 20.3. The Morgan fingerprint density at radius 2 is 1.94 bits per heavy atom. The van der Waals surface area contributed by atoms with Gasteiger partial charge in [0.1, 0.15) is 6.10 Å². The van der Waals surface area contributed by atoms with Crippen molar-refractivity contribution in [2.45, 2.75) is 12.5 Å². The van der Waals surface area contributed by atoms with Crippen molar-refractivity contribution in [1.29, 1.82) is 0 Å². The summed E-state index contributed by atoms with van der Waals surface area (Å²) in [5, 5.41) is 9.24. The number of aliphatic hydroxyl groups is 1. The summed E-state index contributed by atoms with van der Waals surface area (Å²) in [6.45, 7) is 4.94. The number of aliphatic hydroxyl groups excluding tert-OH is 1. The molecule has 0 aliphatic heterocycles. The lowest BCUT2D eigenvalue weighted by atomic mass is 10.4. The lowest BCUT2D eigenvalue weighted by molar-refractivity contribution is -0.0116. The second kappa shape index (κ2) is 13.4. The molecule has 18 heavy (non-hydrogen) atoms. The summed E-state index contributed by atoms with van der Waals surface area (Å²) in [7, 11) is 0. The molecule has 0 saturated heterocycles. The maximum absolute atomic E-state index is 9.30. The first-order chi connectivity index (χ1) is 8.31. The van der Waals surface area contributed by atoms with Crippen LogP contribution in [0.1, 0.15) is 6.42 Å². The topological polar surface area (TPSA) is 76.0 Å². The Morgan fingerprint density at radius 1 is 1.44 bits per heavy atom. The van der Waals surface area contributed by atoms with Crippen LogP contribution in [0.3, 0.4) is 0 Å². The van der Waals surface area contributed by atoms with Crippen LogP contribution in [-0.4, -0.2) is 42.5 Å². The van der Waals surface area contributed by atoms with Gasteiger partial charge in [-0.3, -0.25) is 4.57 Å². The van der Waals surface area contributed by atoms with Crippen molar-refractivity contribution in [3.63, 3.8) is 0 Å². The Morgan fingerprint density at radius 3 is 2.39 bits per heavy atom. The number of ether oxygens (including phenoxy) is 2. The molecule has 0 aromatic rings. The second-order valence-corrected chi connectivity index (χ2v) is 7.08. The van der Waals surface area contributed by atoms with Crippen LogP contribution in [0.25, 0.3) is 0 Å². The summed E-state index contributed by atoms with van der Waals surface area (Å²) in [6.07, 6.45) is 2.94. The molecule has 0 bridgehead atoms. The average Bonchev–Trinajstić information content (AvgIpc) is 2.22. The van der Waals surface area contributed by atoms with Gasteiger partial charge in [-0.1, -0.05) is 6.08 Å². The summed E-state index contributed by atoms with van der Waals surface area (Å²) < 4.78 is 19.4. The molecule has 2 N–H and O–H groups in total. The van der Waals surface area contributed by atoms with E-state index in [0.29, 0.717) is 19.6 Å². The molecule has 0 fully saturated rings. The minimum atomic E-state index is -3.69. The van der Waals surface area contributed by atoms with Crippen LogP contribution in [0.15, 0.2) is 12.7 Å². The van der Waals surface area contributed by atoms with Crippen LogP contribution < -0.4 is 0 Å². The highest BCUT2D eigenvalue weighted by molar-refractivity contribution is 8.04. The first-order valence-electron chi connectivity index (χ1n) is 4.91. The van der Waals surface area contributed by atoms with Crippen molar-refractivity contribution in [2.75, 3.05) is 26.4 Å². The van der Waals surface area contributed by atoms with Crippen molar-refractivity contribution < 1.29 is 24.0 Å². The van der Waals surface area contributed by atoms with E-state index in [1.165, 1.54) is 0 Å². The fourth-order valence-electron chi connectivity index (χ4n) is 0.686. The Bertz CT molecular complexity index is 278. The molecule has 0 saturated carbocycles. The van der Waals surface area contributed by atoms with Gasteiger partial charge in [-0.05, 0) is 22.5 Å². The number of hydrogen-bond acceptors (Lipinski definition) is 4. The molecular weight excluding hydrogens is 302 g/mol. The molecular formula is C10H17Cl2O5P. The molecule has 0 spiro atoms. The van der Waals surface area contributed by atoms with Crippen molar-refractivity contribution >= 4 is 28.6 Å². The SMILES string of the molecule is C#CCCOCC(O)COCC=C.O=P(O)(Cl)Cl. The van der Waals surface area contributed by atoms with Crippen LogP contribution in [0.5, 0.6) is 0 Å². The molecule has 0 aromatic carbocycles. The van der Waals surface area contributed by atoms with Gasteiger partial charge in [0, 0.05) is 6.42 Å². The third kappa shape index (κ3) is 29.7. The van der Waals surface area contributed by atoms with E-state index in [1.807, 2.05) is 0 Å². The number of rotatable bonds is 8. The molecule has 0 radical (unpaired) electrons. The maximum atomic E-state index is 9.30. The zero-order chi connectivity index (χ0) is 14.4. The van der Waals surface area contributed by atoms with E-state index >= 15 is 0 Å². The summed E-state index contributed by atoms with van der Waals surface area (Å²) in [4.78, 5) is 7.61. The molecule has 8 heteroatoms. The summed E-state index contributed by atoms with van der Waals surface area (Å²) in [5.41, 5.74) is 0. The van der Waals surface area contributed by atoms with Gasteiger partial charge >= 0.3 is 6.07 Å². The Kier molecular flexibility index (Phi) is 15.1. The number of terminal acetylenes is 1. The third-order valence-electron chi connectivity index (χ3n) is 1.25. The molecule has 5 nitrogen and oxygen atoms in total. The number of hydrogen-bond donors (Lipinski definition) is 2. The minimum absolute atomic E-state index is 0.263. The van der Waals surface area contributed by atoms with Gasteiger partial charge < -0.3 is 19.5 Å². The van der Waals surface area contributed by atoms with E-state index in [0.717, 1.165) is 0 Å². The predicted octanol–water partition coefficient (Wildman–Crippen LogP) is 2.15. The van der Waals surface area contributed by atoms with E-state index in [9.17, 15) is 9.67 Å². The Hall–Kier alpha value is -0.0500. The zero-order valence-electron chi connectivity index (χ0n) is 9.80. The number of halogens is 2. The monoisotopic (exact) mass is 318 g/mol. The normalized spacial score (nSPS) is 11.9. The largest absolute Gasteiger partial charge is 0.388 e. The van der Waals surface area contributed by atoms with Gasteiger partial charge in [-0.2, -0.15) is 0 Å². The van der Waals surface area contributed by atoms with Crippen molar-refractivity contribution in [3.8, 4) is 12.3 Å².